The van der Waals surface area contributed by atoms with Crippen LogP contribution in [0.2, 0.25) is 0 Å². The minimum absolute atomic E-state index is 0.000451. The van der Waals surface area contributed by atoms with E-state index in [9.17, 15) is 4.79 Å². The smallest absolute Gasteiger partial charge is 0.267 e. The molecule has 4 nitrogen and oxygen atoms in total. The van der Waals surface area contributed by atoms with Gasteiger partial charge in [-0.3, -0.25) is 9.36 Å². The molecule has 24 heavy (non-hydrogen) atoms. The van der Waals surface area contributed by atoms with Gasteiger partial charge in [0, 0.05) is 12.4 Å². The second kappa shape index (κ2) is 7.09. The Morgan fingerprint density at radius 3 is 2.92 bits per heavy atom. The van der Waals surface area contributed by atoms with E-state index in [0.717, 1.165) is 40.9 Å². The molecule has 2 aromatic heterocycles. The average Bonchev–Trinajstić information content (AvgIpc) is 3.10. The first-order valence-electron chi connectivity index (χ1n) is 8.13. The van der Waals surface area contributed by atoms with Crippen LogP contribution in [0.1, 0.15) is 19.3 Å². The minimum atomic E-state index is -0.000451. The number of thiophene rings is 1. The van der Waals surface area contributed by atoms with E-state index in [2.05, 4.69) is 0 Å². The molecule has 3 aromatic rings. The van der Waals surface area contributed by atoms with Crippen molar-refractivity contribution in [2.75, 3.05) is 12.4 Å². The molecule has 0 bridgehead atoms. The van der Waals surface area contributed by atoms with Crippen LogP contribution in [0.25, 0.3) is 15.9 Å². The summed E-state index contributed by atoms with van der Waals surface area (Å²) >= 11 is 3.13. The summed E-state index contributed by atoms with van der Waals surface area (Å²) in [7, 11) is 0. The molecule has 124 valence electrons. The van der Waals surface area contributed by atoms with Crippen LogP contribution in [0.4, 0.5) is 0 Å². The van der Waals surface area contributed by atoms with Crippen molar-refractivity contribution in [3.63, 3.8) is 0 Å². The molecule has 3 heterocycles. The molecule has 0 aliphatic carbocycles. The maximum atomic E-state index is 12.9. The summed E-state index contributed by atoms with van der Waals surface area (Å²) in [5.74, 6) is 0.830. The van der Waals surface area contributed by atoms with E-state index in [1.165, 1.54) is 17.8 Å². The fourth-order valence-electron chi connectivity index (χ4n) is 2.90. The van der Waals surface area contributed by atoms with Gasteiger partial charge in [-0.25, -0.2) is 4.98 Å². The lowest BCUT2D eigenvalue weighted by Crippen LogP contribution is -2.24. The number of para-hydroxylation sites is 1. The Hall–Kier alpha value is -1.63. The summed E-state index contributed by atoms with van der Waals surface area (Å²) in [5.41, 5.74) is 0.856. The highest BCUT2D eigenvalue weighted by atomic mass is 32.2. The molecular weight excluding hydrogens is 340 g/mol. The van der Waals surface area contributed by atoms with Crippen molar-refractivity contribution in [2.45, 2.75) is 30.5 Å². The molecule has 1 aliphatic rings. The van der Waals surface area contributed by atoms with Crippen molar-refractivity contribution < 1.29 is 4.74 Å². The Bertz CT molecular complexity index is 883. The standard InChI is InChI=1S/C18H18N2O2S2/c21-17-15-9-11-23-16(15)19-18(20(17)13-6-2-1-3-7-13)24-12-14-8-4-5-10-22-14/h1-3,6-7,9,11,14H,4-5,8,10,12H2/t14-/m1/s1. The molecule has 1 fully saturated rings. The van der Waals surface area contributed by atoms with E-state index in [0.29, 0.717) is 5.39 Å². The molecule has 0 amide bonds. The van der Waals surface area contributed by atoms with E-state index in [4.69, 9.17) is 9.72 Å². The third-order valence-electron chi connectivity index (χ3n) is 4.15. The number of nitrogens with zero attached hydrogens (tertiary/aromatic N) is 2. The SMILES string of the molecule is O=c1c2ccsc2nc(SC[C@H]2CCCCO2)n1-c1ccccc1. The zero-order valence-electron chi connectivity index (χ0n) is 13.2. The lowest BCUT2D eigenvalue weighted by atomic mass is 10.1. The number of ether oxygens (including phenoxy) is 1. The van der Waals surface area contributed by atoms with Crippen molar-refractivity contribution in [3.05, 3.63) is 52.1 Å². The van der Waals surface area contributed by atoms with Crippen molar-refractivity contribution in [1.82, 2.24) is 9.55 Å². The van der Waals surface area contributed by atoms with Crippen LogP contribution in [0.15, 0.2) is 51.7 Å². The fourth-order valence-corrected chi connectivity index (χ4v) is 4.79. The Labute approximate surface area is 148 Å². The first-order chi connectivity index (χ1) is 11.8. The zero-order chi connectivity index (χ0) is 16.4. The lowest BCUT2D eigenvalue weighted by molar-refractivity contribution is 0.0315. The fraction of sp³-hybridized carbons (Fsp3) is 0.333. The van der Waals surface area contributed by atoms with Gasteiger partial charge in [0.15, 0.2) is 5.16 Å². The number of rotatable bonds is 4. The summed E-state index contributed by atoms with van der Waals surface area (Å²) in [4.78, 5) is 18.5. The van der Waals surface area contributed by atoms with E-state index in [-0.39, 0.29) is 11.7 Å². The second-order valence-corrected chi connectivity index (χ2v) is 7.69. The summed E-state index contributed by atoms with van der Waals surface area (Å²) in [6, 6.07) is 11.6. The van der Waals surface area contributed by atoms with Gasteiger partial charge in [0.1, 0.15) is 4.83 Å². The monoisotopic (exact) mass is 358 g/mol. The van der Waals surface area contributed by atoms with Gasteiger partial charge in [-0.2, -0.15) is 0 Å². The van der Waals surface area contributed by atoms with Gasteiger partial charge in [0.2, 0.25) is 0 Å². The third-order valence-corrected chi connectivity index (χ3v) is 6.03. The molecule has 0 radical (unpaired) electrons. The van der Waals surface area contributed by atoms with Gasteiger partial charge in [-0.1, -0.05) is 30.0 Å². The zero-order valence-corrected chi connectivity index (χ0v) is 14.8. The van der Waals surface area contributed by atoms with Crippen molar-refractivity contribution >= 4 is 33.3 Å². The highest BCUT2D eigenvalue weighted by Crippen LogP contribution is 2.26. The molecular formula is C18H18N2O2S2. The molecule has 0 unspecified atom stereocenters. The highest BCUT2D eigenvalue weighted by molar-refractivity contribution is 7.99. The Kier molecular flexibility index (Phi) is 4.69. The number of aromatic nitrogens is 2. The number of benzene rings is 1. The molecule has 0 spiro atoms. The van der Waals surface area contributed by atoms with Crippen LogP contribution in [0.3, 0.4) is 0 Å². The molecule has 1 aliphatic heterocycles. The quantitative estimate of drug-likeness (QED) is 0.520. The largest absolute Gasteiger partial charge is 0.377 e. The van der Waals surface area contributed by atoms with E-state index < -0.39 is 0 Å². The molecule has 1 saturated heterocycles. The van der Waals surface area contributed by atoms with Crippen molar-refractivity contribution in [2.24, 2.45) is 0 Å². The minimum Gasteiger partial charge on any atom is -0.377 e. The third kappa shape index (κ3) is 3.14. The van der Waals surface area contributed by atoms with E-state index in [1.54, 1.807) is 16.3 Å². The predicted molar refractivity (Wildman–Crippen MR) is 99.5 cm³/mol. The normalized spacial score (nSPS) is 18.1. The number of hydrogen-bond donors (Lipinski definition) is 0. The summed E-state index contributed by atoms with van der Waals surface area (Å²) < 4.78 is 7.54. The average molecular weight is 358 g/mol. The van der Waals surface area contributed by atoms with Crippen molar-refractivity contribution in [3.8, 4) is 5.69 Å². The topological polar surface area (TPSA) is 44.1 Å². The summed E-state index contributed by atoms with van der Waals surface area (Å²) in [5, 5.41) is 3.35. The lowest BCUT2D eigenvalue weighted by Gasteiger charge is -2.22. The number of fused-ring (bicyclic) bond motifs is 1. The Morgan fingerprint density at radius 2 is 2.12 bits per heavy atom. The van der Waals surface area contributed by atoms with Crippen LogP contribution in [-0.4, -0.2) is 28.0 Å². The second-order valence-electron chi connectivity index (χ2n) is 5.81. The molecule has 1 aromatic carbocycles. The molecule has 0 saturated carbocycles. The van der Waals surface area contributed by atoms with Crippen molar-refractivity contribution in [1.29, 1.82) is 0 Å². The number of thioether (sulfide) groups is 1. The predicted octanol–water partition coefficient (Wildman–Crippen LogP) is 4.11. The molecule has 1 atom stereocenters. The maximum absolute atomic E-state index is 12.9. The summed E-state index contributed by atoms with van der Waals surface area (Å²) in [6.45, 7) is 0.841. The summed E-state index contributed by atoms with van der Waals surface area (Å²) in [6.07, 6.45) is 3.71. The van der Waals surface area contributed by atoms with E-state index in [1.807, 2.05) is 41.8 Å². The van der Waals surface area contributed by atoms with Gasteiger partial charge in [0.25, 0.3) is 5.56 Å². The first-order valence-corrected chi connectivity index (χ1v) is 9.99. The van der Waals surface area contributed by atoms with Crippen LogP contribution >= 0.6 is 23.1 Å². The van der Waals surface area contributed by atoms with Gasteiger partial charge >= 0.3 is 0 Å². The molecule has 0 N–H and O–H groups in total. The molecule has 6 heteroatoms. The van der Waals surface area contributed by atoms with Gasteiger partial charge in [-0.15, -0.1) is 11.3 Å². The van der Waals surface area contributed by atoms with Gasteiger partial charge in [0.05, 0.1) is 17.2 Å². The molecule has 4 rings (SSSR count). The van der Waals surface area contributed by atoms with E-state index >= 15 is 0 Å². The Morgan fingerprint density at radius 1 is 1.25 bits per heavy atom. The first kappa shape index (κ1) is 15.9. The Balaban J connectivity index is 1.73. The highest BCUT2D eigenvalue weighted by Gasteiger charge is 2.18. The van der Waals surface area contributed by atoms with Crippen LogP contribution in [0.5, 0.6) is 0 Å². The van der Waals surface area contributed by atoms with Gasteiger partial charge in [-0.05, 0) is 42.8 Å². The van der Waals surface area contributed by atoms with Crippen LogP contribution in [0, 0.1) is 0 Å². The van der Waals surface area contributed by atoms with Crippen LogP contribution < -0.4 is 5.56 Å². The number of hydrogen-bond acceptors (Lipinski definition) is 5. The maximum Gasteiger partial charge on any atom is 0.267 e. The van der Waals surface area contributed by atoms with Crippen LogP contribution in [-0.2, 0) is 4.74 Å². The van der Waals surface area contributed by atoms with Gasteiger partial charge < -0.3 is 4.74 Å².